The van der Waals surface area contributed by atoms with Crippen LogP contribution in [0.1, 0.15) is 18.1 Å². The number of hydrogen-bond acceptors (Lipinski definition) is 4. The van der Waals surface area contributed by atoms with Crippen LogP contribution in [0.2, 0.25) is 0 Å². The number of rotatable bonds is 5. The maximum absolute atomic E-state index is 11.8. The molecule has 0 saturated heterocycles. The Morgan fingerprint density at radius 2 is 1.82 bits per heavy atom. The summed E-state index contributed by atoms with van der Waals surface area (Å²) in [5.41, 5.74) is 6.35. The second kappa shape index (κ2) is 7.82. The van der Waals surface area contributed by atoms with Crippen LogP contribution in [0.5, 0.6) is 5.75 Å². The van der Waals surface area contributed by atoms with Crippen molar-refractivity contribution in [2.45, 2.75) is 26.9 Å². The largest absolute Gasteiger partial charge is 0.481 e. The van der Waals surface area contributed by atoms with E-state index in [1.165, 1.54) is 6.92 Å². The summed E-state index contributed by atoms with van der Waals surface area (Å²) in [5, 5.41) is 8.36. The van der Waals surface area contributed by atoms with Gasteiger partial charge in [0.1, 0.15) is 5.75 Å². The molecule has 0 radical (unpaired) electrons. The molecular formula is C15H18N2O5. The van der Waals surface area contributed by atoms with Crippen LogP contribution in [0.4, 0.5) is 0 Å². The molecule has 1 aromatic carbocycles. The van der Waals surface area contributed by atoms with E-state index in [1.807, 2.05) is 26.0 Å². The lowest BCUT2D eigenvalue weighted by Crippen LogP contribution is -2.46. The van der Waals surface area contributed by atoms with Crippen LogP contribution >= 0.6 is 0 Å². The van der Waals surface area contributed by atoms with Gasteiger partial charge in [-0.25, -0.2) is 4.79 Å². The molecular weight excluding hydrogens is 288 g/mol. The minimum Gasteiger partial charge on any atom is -0.481 e. The highest BCUT2D eigenvalue weighted by Crippen LogP contribution is 2.17. The molecule has 7 heteroatoms. The maximum Gasteiger partial charge on any atom is 0.328 e. The SMILES string of the molecule is Cc1ccc(OC(C)C(=O)NNC(=O)C=CC(=O)O)cc1C. The molecule has 0 aliphatic rings. The lowest BCUT2D eigenvalue weighted by atomic mass is 10.1. The van der Waals surface area contributed by atoms with Gasteiger partial charge in [0.05, 0.1) is 0 Å². The Morgan fingerprint density at radius 3 is 2.41 bits per heavy atom. The highest BCUT2D eigenvalue weighted by molar-refractivity contribution is 5.95. The number of aliphatic carboxylic acids is 1. The number of aryl methyl sites for hydroxylation is 2. The first-order valence-electron chi connectivity index (χ1n) is 6.54. The van der Waals surface area contributed by atoms with Crippen LogP contribution < -0.4 is 15.6 Å². The monoisotopic (exact) mass is 306 g/mol. The summed E-state index contributed by atoms with van der Waals surface area (Å²) in [7, 11) is 0. The number of carboxylic acid groups (broad SMARTS) is 1. The summed E-state index contributed by atoms with van der Waals surface area (Å²) in [4.78, 5) is 33.2. The second-order valence-corrected chi connectivity index (χ2v) is 4.66. The van der Waals surface area contributed by atoms with Gasteiger partial charge in [-0.1, -0.05) is 6.07 Å². The summed E-state index contributed by atoms with van der Waals surface area (Å²) in [6.07, 6.45) is 0.624. The fourth-order valence-corrected chi connectivity index (χ4v) is 1.46. The summed E-state index contributed by atoms with van der Waals surface area (Å²) in [5.74, 6) is -2.03. The molecule has 0 fully saturated rings. The van der Waals surface area contributed by atoms with Crippen LogP contribution in [0, 0.1) is 13.8 Å². The van der Waals surface area contributed by atoms with Gasteiger partial charge < -0.3 is 9.84 Å². The Bertz CT molecular complexity index is 610. The molecule has 0 heterocycles. The van der Waals surface area contributed by atoms with Gasteiger partial charge in [0.25, 0.3) is 11.8 Å². The summed E-state index contributed by atoms with van der Waals surface area (Å²) >= 11 is 0. The average Bonchev–Trinajstić information content (AvgIpc) is 2.46. The van der Waals surface area contributed by atoms with Crippen molar-refractivity contribution in [3.8, 4) is 5.75 Å². The van der Waals surface area contributed by atoms with E-state index < -0.39 is 23.9 Å². The van der Waals surface area contributed by atoms with Crippen molar-refractivity contribution in [2.24, 2.45) is 0 Å². The highest BCUT2D eigenvalue weighted by Gasteiger charge is 2.15. The van der Waals surface area contributed by atoms with E-state index >= 15 is 0 Å². The molecule has 22 heavy (non-hydrogen) atoms. The van der Waals surface area contributed by atoms with Crippen LogP contribution in [-0.2, 0) is 14.4 Å². The van der Waals surface area contributed by atoms with Crippen molar-refractivity contribution >= 4 is 17.8 Å². The molecule has 3 N–H and O–H groups in total. The van der Waals surface area contributed by atoms with Crippen LogP contribution in [0.3, 0.4) is 0 Å². The topological polar surface area (TPSA) is 105 Å². The van der Waals surface area contributed by atoms with E-state index in [0.29, 0.717) is 11.8 Å². The van der Waals surface area contributed by atoms with Crippen molar-refractivity contribution in [2.75, 3.05) is 0 Å². The van der Waals surface area contributed by atoms with Crippen molar-refractivity contribution in [3.05, 3.63) is 41.5 Å². The lowest BCUT2D eigenvalue weighted by Gasteiger charge is -2.15. The maximum atomic E-state index is 11.8. The van der Waals surface area contributed by atoms with Crippen molar-refractivity contribution in [1.29, 1.82) is 0 Å². The Labute approximate surface area is 127 Å². The number of nitrogens with one attached hydrogen (secondary N) is 2. The quantitative estimate of drug-likeness (QED) is 0.553. The van der Waals surface area contributed by atoms with Gasteiger partial charge in [-0.3, -0.25) is 20.4 Å². The fraction of sp³-hybridized carbons (Fsp3) is 0.267. The van der Waals surface area contributed by atoms with E-state index in [2.05, 4.69) is 10.9 Å². The summed E-state index contributed by atoms with van der Waals surface area (Å²) in [6, 6.07) is 5.45. The van der Waals surface area contributed by atoms with Crippen molar-refractivity contribution in [3.63, 3.8) is 0 Å². The normalized spacial score (nSPS) is 11.8. The minimum absolute atomic E-state index is 0.544. The molecule has 0 aliphatic carbocycles. The number of ether oxygens (including phenoxy) is 1. The number of carboxylic acids is 1. The van der Waals surface area contributed by atoms with Gasteiger partial charge >= 0.3 is 5.97 Å². The fourth-order valence-electron chi connectivity index (χ4n) is 1.46. The third-order valence-corrected chi connectivity index (χ3v) is 2.85. The molecule has 0 aromatic heterocycles. The first kappa shape index (κ1) is 17.2. The zero-order valence-corrected chi connectivity index (χ0v) is 12.5. The first-order valence-corrected chi connectivity index (χ1v) is 6.54. The van der Waals surface area contributed by atoms with Gasteiger partial charge in [-0.2, -0.15) is 0 Å². The Kier molecular flexibility index (Phi) is 6.12. The molecule has 118 valence electrons. The second-order valence-electron chi connectivity index (χ2n) is 4.66. The predicted molar refractivity (Wildman–Crippen MR) is 79.1 cm³/mol. The lowest BCUT2D eigenvalue weighted by molar-refractivity contribution is -0.132. The first-order chi connectivity index (χ1) is 10.3. The van der Waals surface area contributed by atoms with Crippen LogP contribution in [0.15, 0.2) is 30.4 Å². The Morgan fingerprint density at radius 1 is 1.14 bits per heavy atom. The number of carbonyl (C=O) groups is 3. The predicted octanol–water partition coefficient (Wildman–Crippen LogP) is 0.859. The summed E-state index contributed by atoms with van der Waals surface area (Å²) in [6.45, 7) is 5.43. The molecule has 1 unspecified atom stereocenters. The van der Waals surface area contributed by atoms with Crippen molar-refractivity contribution < 1.29 is 24.2 Å². The van der Waals surface area contributed by atoms with E-state index in [9.17, 15) is 14.4 Å². The molecule has 0 aliphatic heterocycles. The Hall–Kier alpha value is -2.83. The van der Waals surface area contributed by atoms with Gasteiger partial charge in [-0.15, -0.1) is 0 Å². The molecule has 1 atom stereocenters. The standard InChI is InChI=1S/C15H18N2O5/c1-9-4-5-12(8-10(9)2)22-11(3)15(21)17-16-13(18)6-7-14(19)20/h4-8,11H,1-3H3,(H,16,18)(H,17,21)(H,19,20). The zero-order chi connectivity index (χ0) is 16.7. The third kappa shape index (κ3) is 5.66. The van der Waals surface area contributed by atoms with Crippen molar-refractivity contribution in [1.82, 2.24) is 10.9 Å². The zero-order valence-electron chi connectivity index (χ0n) is 12.5. The molecule has 1 aromatic rings. The molecule has 2 amide bonds. The van der Waals surface area contributed by atoms with Gasteiger partial charge in [-0.05, 0) is 44.0 Å². The number of benzene rings is 1. The molecule has 0 bridgehead atoms. The van der Waals surface area contributed by atoms with Crippen LogP contribution in [0.25, 0.3) is 0 Å². The summed E-state index contributed by atoms with van der Waals surface area (Å²) < 4.78 is 5.47. The molecule has 1 rings (SSSR count). The molecule has 7 nitrogen and oxygen atoms in total. The number of amides is 2. The van der Waals surface area contributed by atoms with Crippen LogP contribution in [-0.4, -0.2) is 29.0 Å². The molecule has 0 spiro atoms. The van der Waals surface area contributed by atoms with E-state index in [0.717, 1.165) is 17.2 Å². The number of carbonyl (C=O) groups excluding carboxylic acids is 2. The van der Waals surface area contributed by atoms with Gasteiger partial charge in [0.2, 0.25) is 0 Å². The number of hydrogen-bond donors (Lipinski definition) is 3. The highest BCUT2D eigenvalue weighted by atomic mass is 16.5. The smallest absolute Gasteiger partial charge is 0.328 e. The third-order valence-electron chi connectivity index (χ3n) is 2.85. The molecule has 0 saturated carbocycles. The van der Waals surface area contributed by atoms with E-state index in [1.54, 1.807) is 6.07 Å². The minimum atomic E-state index is -1.26. The Balaban J connectivity index is 2.49. The van der Waals surface area contributed by atoms with E-state index in [-0.39, 0.29) is 0 Å². The number of hydrazine groups is 1. The van der Waals surface area contributed by atoms with Gasteiger partial charge in [0.15, 0.2) is 6.10 Å². The van der Waals surface area contributed by atoms with Gasteiger partial charge in [0, 0.05) is 12.2 Å². The van der Waals surface area contributed by atoms with E-state index in [4.69, 9.17) is 9.84 Å². The average molecular weight is 306 g/mol.